The molecule has 0 bridgehead atoms. The minimum Gasteiger partial charge on any atom is -0.353 e. The van der Waals surface area contributed by atoms with Gasteiger partial charge in [0.15, 0.2) is 0 Å². The second-order valence-corrected chi connectivity index (χ2v) is 6.09. The zero-order valence-electron chi connectivity index (χ0n) is 12.7. The molecule has 1 saturated heterocycles. The average Bonchev–Trinajstić information content (AvgIpc) is 2.36. The van der Waals surface area contributed by atoms with Crippen molar-refractivity contribution in [2.24, 2.45) is 5.92 Å². The summed E-state index contributed by atoms with van der Waals surface area (Å²) in [6.45, 7) is 10.3. The fourth-order valence-electron chi connectivity index (χ4n) is 2.39. The molecule has 0 aliphatic carbocycles. The van der Waals surface area contributed by atoms with Crippen LogP contribution in [0.15, 0.2) is 0 Å². The number of carbonyl (C=O) groups excluding carboxylic acids is 2. The first-order chi connectivity index (χ1) is 8.90. The lowest BCUT2D eigenvalue weighted by Gasteiger charge is -2.34. The number of nitrogens with zero attached hydrogens (tertiary/aromatic N) is 1. The van der Waals surface area contributed by atoms with E-state index >= 15 is 0 Å². The Bertz CT molecular complexity index is 305. The zero-order chi connectivity index (χ0) is 14.4. The van der Waals surface area contributed by atoms with Gasteiger partial charge in [-0.3, -0.25) is 9.59 Å². The highest BCUT2D eigenvalue weighted by atomic mass is 16.2. The lowest BCUT2D eigenvalue weighted by atomic mass is 10.0. The van der Waals surface area contributed by atoms with E-state index in [2.05, 4.69) is 24.1 Å². The molecule has 1 rings (SSSR count). The molecule has 1 heterocycles. The quantitative estimate of drug-likeness (QED) is 0.801. The highest BCUT2D eigenvalue weighted by Gasteiger charge is 2.22. The van der Waals surface area contributed by atoms with Crippen LogP contribution in [-0.2, 0) is 9.59 Å². The molecule has 1 aliphatic rings. The second kappa shape index (κ2) is 7.63. The summed E-state index contributed by atoms with van der Waals surface area (Å²) in [7, 11) is 0. The highest BCUT2D eigenvalue weighted by molar-refractivity contribution is 5.86. The van der Waals surface area contributed by atoms with Crippen molar-refractivity contribution in [2.75, 3.05) is 13.1 Å². The number of likely N-dealkylation sites (tertiary alicyclic amines) is 1. The van der Waals surface area contributed by atoms with Gasteiger partial charge >= 0.3 is 0 Å². The minimum atomic E-state index is 0.0250. The molecule has 1 aliphatic heterocycles. The van der Waals surface area contributed by atoms with Gasteiger partial charge in [-0.1, -0.05) is 13.8 Å². The molecule has 0 aromatic rings. The largest absolute Gasteiger partial charge is 0.353 e. The lowest BCUT2D eigenvalue weighted by Crippen LogP contribution is -2.46. The summed E-state index contributed by atoms with van der Waals surface area (Å²) in [6.07, 6.45) is 2.74. The van der Waals surface area contributed by atoms with Gasteiger partial charge in [0.1, 0.15) is 5.78 Å². The van der Waals surface area contributed by atoms with Crippen molar-refractivity contribution in [3.8, 4) is 0 Å². The number of hydrogen-bond donors (Lipinski definition) is 1. The molecule has 0 spiro atoms. The van der Waals surface area contributed by atoms with Gasteiger partial charge in [-0.05, 0) is 26.7 Å². The van der Waals surface area contributed by atoms with Crippen LogP contribution in [0.2, 0.25) is 0 Å². The molecule has 110 valence electrons. The Morgan fingerprint density at radius 1 is 1.11 bits per heavy atom. The number of amides is 1. The van der Waals surface area contributed by atoms with Crippen LogP contribution >= 0.6 is 0 Å². The lowest BCUT2D eigenvalue weighted by molar-refractivity contribution is -0.127. The summed E-state index contributed by atoms with van der Waals surface area (Å²) in [5.41, 5.74) is 0. The van der Waals surface area contributed by atoms with E-state index in [9.17, 15) is 9.59 Å². The molecule has 4 nitrogen and oxygen atoms in total. The van der Waals surface area contributed by atoms with Crippen molar-refractivity contribution in [1.82, 2.24) is 10.2 Å². The second-order valence-electron chi connectivity index (χ2n) is 6.09. The third kappa shape index (κ3) is 5.72. The Hall–Kier alpha value is -0.900. The number of nitrogens with one attached hydrogen (secondary N) is 1. The van der Waals surface area contributed by atoms with Gasteiger partial charge in [0.05, 0.1) is 0 Å². The molecule has 0 aromatic heterocycles. The van der Waals surface area contributed by atoms with E-state index in [1.165, 1.54) is 0 Å². The normalized spacial score (nSPS) is 18.0. The van der Waals surface area contributed by atoms with Crippen LogP contribution in [0.25, 0.3) is 0 Å². The van der Waals surface area contributed by atoms with E-state index in [0.29, 0.717) is 18.9 Å². The topological polar surface area (TPSA) is 49.4 Å². The SMILES string of the molecule is CC(C)C(=O)CCC(=O)NC1CCN(C(C)C)CC1. The maximum atomic E-state index is 11.8. The Kier molecular flexibility index (Phi) is 6.49. The first-order valence-corrected chi connectivity index (χ1v) is 7.46. The third-order valence-electron chi connectivity index (χ3n) is 3.87. The van der Waals surface area contributed by atoms with Crippen molar-refractivity contribution in [3.05, 3.63) is 0 Å². The highest BCUT2D eigenvalue weighted by Crippen LogP contribution is 2.13. The fourth-order valence-corrected chi connectivity index (χ4v) is 2.39. The summed E-state index contributed by atoms with van der Waals surface area (Å²) >= 11 is 0. The van der Waals surface area contributed by atoms with Crippen molar-refractivity contribution in [1.29, 1.82) is 0 Å². The first kappa shape index (κ1) is 16.2. The molecular weight excluding hydrogens is 240 g/mol. The molecule has 1 N–H and O–H groups in total. The standard InChI is InChI=1S/C15H28N2O2/c1-11(2)14(18)5-6-15(19)16-13-7-9-17(10-8-13)12(3)4/h11-13H,5-10H2,1-4H3,(H,16,19). The molecule has 0 aromatic carbocycles. The van der Waals surface area contributed by atoms with Crippen LogP contribution in [0, 0.1) is 5.92 Å². The predicted octanol–water partition coefficient (Wildman–Crippen LogP) is 1.98. The summed E-state index contributed by atoms with van der Waals surface area (Å²) in [5, 5.41) is 3.05. The Morgan fingerprint density at radius 3 is 2.16 bits per heavy atom. The van der Waals surface area contributed by atoms with Gasteiger partial charge in [-0.2, -0.15) is 0 Å². The van der Waals surface area contributed by atoms with Crippen LogP contribution in [0.3, 0.4) is 0 Å². The van der Waals surface area contributed by atoms with E-state index in [4.69, 9.17) is 0 Å². The molecule has 0 radical (unpaired) electrons. The molecule has 0 saturated carbocycles. The summed E-state index contributed by atoms with van der Waals surface area (Å²) in [4.78, 5) is 25.7. The maximum absolute atomic E-state index is 11.8. The zero-order valence-corrected chi connectivity index (χ0v) is 12.7. The van der Waals surface area contributed by atoms with Crippen LogP contribution in [-0.4, -0.2) is 41.8 Å². The number of piperidine rings is 1. The van der Waals surface area contributed by atoms with Gasteiger partial charge in [-0.15, -0.1) is 0 Å². The van der Waals surface area contributed by atoms with E-state index in [1.54, 1.807) is 0 Å². The average molecular weight is 268 g/mol. The van der Waals surface area contributed by atoms with E-state index in [-0.39, 0.29) is 23.7 Å². The first-order valence-electron chi connectivity index (χ1n) is 7.46. The fraction of sp³-hybridized carbons (Fsp3) is 0.867. The van der Waals surface area contributed by atoms with Gasteiger partial charge in [-0.25, -0.2) is 0 Å². The molecule has 0 atom stereocenters. The van der Waals surface area contributed by atoms with E-state index in [1.807, 2.05) is 13.8 Å². The van der Waals surface area contributed by atoms with Crippen LogP contribution < -0.4 is 5.32 Å². The number of Topliss-reactive ketones (excluding diaryl/α,β-unsaturated/α-hetero) is 1. The van der Waals surface area contributed by atoms with Crippen molar-refractivity contribution < 1.29 is 9.59 Å². The monoisotopic (exact) mass is 268 g/mol. The summed E-state index contributed by atoms with van der Waals surface area (Å²) in [6, 6.07) is 0.872. The van der Waals surface area contributed by atoms with Crippen LogP contribution in [0.1, 0.15) is 53.4 Å². The Morgan fingerprint density at radius 2 is 1.68 bits per heavy atom. The van der Waals surface area contributed by atoms with Crippen LogP contribution in [0.4, 0.5) is 0 Å². The van der Waals surface area contributed by atoms with Crippen molar-refractivity contribution in [3.63, 3.8) is 0 Å². The predicted molar refractivity (Wildman–Crippen MR) is 77.0 cm³/mol. The van der Waals surface area contributed by atoms with Gasteiger partial charge in [0, 0.05) is 43.9 Å². The molecule has 1 fully saturated rings. The van der Waals surface area contributed by atoms with E-state index < -0.39 is 0 Å². The smallest absolute Gasteiger partial charge is 0.220 e. The van der Waals surface area contributed by atoms with E-state index in [0.717, 1.165) is 25.9 Å². The van der Waals surface area contributed by atoms with Gasteiger partial charge in [0.25, 0.3) is 0 Å². The Balaban J connectivity index is 2.22. The molecule has 1 amide bonds. The molecule has 0 unspecified atom stereocenters. The van der Waals surface area contributed by atoms with Gasteiger partial charge in [0.2, 0.25) is 5.91 Å². The number of hydrogen-bond acceptors (Lipinski definition) is 3. The van der Waals surface area contributed by atoms with Crippen LogP contribution in [0.5, 0.6) is 0 Å². The third-order valence-corrected chi connectivity index (χ3v) is 3.87. The number of carbonyl (C=O) groups is 2. The minimum absolute atomic E-state index is 0.0250. The molecule has 19 heavy (non-hydrogen) atoms. The van der Waals surface area contributed by atoms with Crippen molar-refractivity contribution >= 4 is 11.7 Å². The molecule has 4 heteroatoms. The number of ketones is 1. The maximum Gasteiger partial charge on any atom is 0.220 e. The Labute approximate surface area is 116 Å². The summed E-state index contributed by atoms with van der Waals surface area (Å²) < 4.78 is 0. The summed E-state index contributed by atoms with van der Waals surface area (Å²) in [5.74, 6) is 0.226. The van der Waals surface area contributed by atoms with Gasteiger partial charge < -0.3 is 10.2 Å². The van der Waals surface area contributed by atoms with Crippen molar-refractivity contribution in [2.45, 2.75) is 65.5 Å². The number of rotatable bonds is 6. The molecular formula is C15H28N2O2.